The van der Waals surface area contributed by atoms with E-state index in [-0.39, 0.29) is 5.69 Å². The summed E-state index contributed by atoms with van der Waals surface area (Å²) in [5.74, 6) is -2.43. The number of rotatable bonds is 3. The lowest BCUT2D eigenvalue weighted by Gasteiger charge is -2.16. The normalized spacial score (nSPS) is 10.3. The number of benzene rings is 2. The van der Waals surface area contributed by atoms with Crippen molar-refractivity contribution in [2.45, 2.75) is 0 Å². The maximum Gasteiger partial charge on any atom is 0.255 e. The minimum Gasteiger partial charge on any atom is -0.397 e. The second kappa shape index (κ2) is 5.78. The summed E-state index contributed by atoms with van der Waals surface area (Å²) in [6, 6.07) is 8.02. The number of hydrogen-bond acceptors (Lipinski definition) is 3. The SMILES string of the molecule is CN(C)c1ccc(C(=O)Nc2ccc(F)c(F)c2)cc1N. The Balaban J connectivity index is 2.20. The molecule has 0 radical (unpaired) electrons. The average molecular weight is 291 g/mol. The first-order chi connectivity index (χ1) is 9.88. The van der Waals surface area contributed by atoms with Crippen molar-refractivity contribution < 1.29 is 13.6 Å². The zero-order valence-electron chi connectivity index (χ0n) is 11.7. The molecule has 0 saturated carbocycles. The molecule has 0 aliphatic rings. The summed E-state index contributed by atoms with van der Waals surface area (Å²) in [6.45, 7) is 0. The number of anilines is 3. The first-order valence-corrected chi connectivity index (χ1v) is 6.21. The van der Waals surface area contributed by atoms with E-state index in [4.69, 9.17) is 5.73 Å². The van der Waals surface area contributed by atoms with Gasteiger partial charge in [-0.3, -0.25) is 4.79 Å². The van der Waals surface area contributed by atoms with Gasteiger partial charge in [0.25, 0.3) is 5.91 Å². The zero-order valence-corrected chi connectivity index (χ0v) is 11.7. The molecule has 0 aliphatic heterocycles. The number of halogens is 2. The van der Waals surface area contributed by atoms with Crippen LogP contribution in [0.2, 0.25) is 0 Å². The maximum atomic E-state index is 13.1. The van der Waals surface area contributed by atoms with Gasteiger partial charge in [-0.15, -0.1) is 0 Å². The van der Waals surface area contributed by atoms with Crippen LogP contribution in [-0.2, 0) is 0 Å². The van der Waals surface area contributed by atoms with Gasteiger partial charge in [-0.1, -0.05) is 0 Å². The molecule has 0 atom stereocenters. The predicted molar refractivity (Wildman–Crippen MR) is 79.5 cm³/mol. The molecule has 0 aliphatic carbocycles. The lowest BCUT2D eigenvalue weighted by Crippen LogP contribution is -2.15. The Bertz CT molecular complexity index is 687. The minimum atomic E-state index is -1.02. The van der Waals surface area contributed by atoms with Crippen LogP contribution in [0.1, 0.15) is 10.4 Å². The highest BCUT2D eigenvalue weighted by Gasteiger charge is 2.11. The summed E-state index contributed by atoms with van der Waals surface area (Å²) in [5.41, 5.74) is 7.62. The van der Waals surface area contributed by atoms with Gasteiger partial charge in [-0.2, -0.15) is 0 Å². The molecule has 2 aromatic carbocycles. The largest absolute Gasteiger partial charge is 0.397 e. The number of carbonyl (C=O) groups is 1. The molecular formula is C15H15F2N3O. The Morgan fingerprint density at radius 2 is 1.81 bits per heavy atom. The van der Waals surface area contributed by atoms with Gasteiger partial charge in [-0.25, -0.2) is 8.78 Å². The number of nitrogens with zero attached hydrogens (tertiary/aromatic N) is 1. The molecule has 2 rings (SSSR count). The van der Waals surface area contributed by atoms with Gasteiger partial charge in [0.1, 0.15) is 0 Å². The second-order valence-corrected chi connectivity index (χ2v) is 4.75. The highest BCUT2D eigenvalue weighted by atomic mass is 19.2. The van der Waals surface area contributed by atoms with E-state index < -0.39 is 17.5 Å². The summed E-state index contributed by atoms with van der Waals surface area (Å²) in [5, 5.41) is 2.49. The van der Waals surface area contributed by atoms with E-state index in [2.05, 4.69) is 5.32 Å². The summed E-state index contributed by atoms with van der Waals surface area (Å²) in [6.07, 6.45) is 0. The Kier molecular flexibility index (Phi) is 4.07. The van der Waals surface area contributed by atoms with Crippen molar-refractivity contribution in [2.24, 2.45) is 0 Å². The van der Waals surface area contributed by atoms with Gasteiger partial charge in [0.05, 0.1) is 11.4 Å². The fraction of sp³-hybridized carbons (Fsp3) is 0.133. The van der Waals surface area contributed by atoms with E-state index in [1.54, 1.807) is 12.1 Å². The molecule has 1 amide bonds. The first-order valence-electron chi connectivity index (χ1n) is 6.21. The number of nitrogens with one attached hydrogen (secondary N) is 1. The Morgan fingerprint density at radius 3 is 2.38 bits per heavy atom. The van der Waals surface area contributed by atoms with Crippen LogP contribution < -0.4 is 16.0 Å². The molecule has 21 heavy (non-hydrogen) atoms. The molecule has 0 fully saturated rings. The highest BCUT2D eigenvalue weighted by Crippen LogP contribution is 2.23. The lowest BCUT2D eigenvalue weighted by atomic mass is 10.1. The third-order valence-electron chi connectivity index (χ3n) is 2.95. The number of carbonyl (C=O) groups excluding carboxylic acids is 1. The lowest BCUT2D eigenvalue weighted by molar-refractivity contribution is 0.102. The van der Waals surface area contributed by atoms with E-state index in [9.17, 15) is 13.6 Å². The van der Waals surface area contributed by atoms with Crippen LogP contribution in [0.25, 0.3) is 0 Å². The van der Waals surface area contributed by atoms with Crippen LogP contribution in [0.15, 0.2) is 36.4 Å². The van der Waals surface area contributed by atoms with E-state index in [1.165, 1.54) is 12.1 Å². The van der Waals surface area contributed by atoms with Crippen molar-refractivity contribution in [3.8, 4) is 0 Å². The molecule has 4 nitrogen and oxygen atoms in total. The van der Waals surface area contributed by atoms with Gasteiger partial charge >= 0.3 is 0 Å². The Hall–Kier alpha value is -2.63. The molecule has 0 bridgehead atoms. The van der Waals surface area contributed by atoms with E-state index >= 15 is 0 Å². The summed E-state index contributed by atoms with van der Waals surface area (Å²) >= 11 is 0. The van der Waals surface area contributed by atoms with Gasteiger partial charge in [0, 0.05) is 31.4 Å². The molecule has 0 aromatic heterocycles. The number of nitrogens with two attached hydrogens (primary N) is 1. The molecule has 0 saturated heterocycles. The third-order valence-corrected chi connectivity index (χ3v) is 2.95. The summed E-state index contributed by atoms with van der Waals surface area (Å²) in [4.78, 5) is 13.9. The average Bonchev–Trinajstić information content (AvgIpc) is 2.42. The fourth-order valence-corrected chi connectivity index (χ4v) is 1.88. The van der Waals surface area contributed by atoms with Crippen LogP contribution in [0.3, 0.4) is 0 Å². The molecule has 2 aromatic rings. The van der Waals surface area contributed by atoms with E-state index in [0.29, 0.717) is 11.3 Å². The Labute approximate surface area is 121 Å². The first kappa shape index (κ1) is 14.8. The van der Waals surface area contributed by atoms with Crippen molar-refractivity contribution >= 4 is 23.0 Å². The van der Waals surface area contributed by atoms with Crippen LogP contribution in [-0.4, -0.2) is 20.0 Å². The highest BCUT2D eigenvalue weighted by molar-refractivity contribution is 6.05. The van der Waals surface area contributed by atoms with Crippen LogP contribution in [0.4, 0.5) is 25.8 Å². The van der Waals surface area contributed by atoms with Gasteiger partial charge in [0.2, 0.25) is 0 Å². The molecular weight excluding hydrogens is 276 g/mol. The maximum absolute atomic E-state index is 13.1. The van der Waals surface area contributed by atoms with Crippen LogP contribution >= 0.6 is 0 Å². The zero-order chi connectivity index (χ0) is 15.6. The quantitative estimate of drug-likeness (QED) is 0.855. The Morgan fingerprint density at radius 1 is 1.10 bits per heavy atom. The number of nitrogen functional groups attached to an aromatic ring is 1. The molecule has 3 N–H and O–H groups in total. The minimum absolute atomic E-state index is 0.175. The third kappa shape index (κ3) is 3.28. The predicted octanol–water partition coefficient (Wildman–Crippen LogP) is 2.87. The topological polar surface area (TPSA) is 58.4 Å². The van der Waals surface area contributed by atoms with Crippen molar-refractivity contribution in [1.82, 2.24) is 0 Å². The van der Waals surface area contributed by atoms with Crippen LogP contribution in [0, 0.1) is 11.6 Å². The standard InChI is InChI=1S/C15H15F2N3O/c1-20(2)14-6-3-9(7-13(14)18)15(21)19-10-4-5-11(16)12(17)8-10/h3-8H,18H2,1-2H3,(H,19,21). The molecule has 0 heterocycles. The monoisotopic (exact) mass is 291 g/mol. The molecule has 0 unspecified atom stereocenters. The van der Waals surface area contributed by atoms with Crippen molar-refractivity contribution in [1.29, 1.82) is 0 Å². The van der Waals surface area contributed by atoms with E-state index in [1.807, 2.05) is 19.0 Å². The number of hydrogen-bond donors (Lipinski definition) is 2. The van der Waals surface area contributed by atoms with E-state index in [0.717, 1.165) is 17.8 Å². The van der Waals surface area contributed by atoms with Crippen molar-refractivity contribution in [3.05, 3.63) is 53.6 Å². The van der Waals surface area contributed by atoms with Crippen LogP contribution in [0.5, 0.6) is 0 Å². The molecule has 110 valence electrons. The van der Waals surface area contributed by atoms with Gasteiger partial charge in [0.15, 0.2) is 11.6 Å². The summed E-state index contributed by atoms with van der Waals surface area (Å²) in [7, 11) is 3.68. The molecule has 0 spiro atoms. The molecule has 6 heteroatoms. The summed E-state index contributed by atoms with van der Waals surface area (Å²) < 4.78 is 25.9. The van der Waals surface area contributed by atoms with Gasteiger partial charge < -0.3 is 16.0 Å². The van der Waals surface area contributed by atoms with Gasteiger partial charge in [-0.05, 0) is 30.3 Å². The number of amides is 1. The fourth-order valence-electron chi connectivity index (χ4n) is 1.88. The smallest absolute Gasteiger partial charge is 0.255 e. The van der Waals surface area contributed by atoms with Crippen molar-refractivity contribution in [3.63, 3.8) is 0 Å². The van der Waals surface area contributed by atoms with Crippen molar-refractivity contribution in [2.75, 3.05) is 30.0 Å². The second-order valence-electron chi connectivity index (χ2n) is 4.75.